The lowest BCUT2D eigenvalue weighted by Gasteiger charge is -2.23. The summed E-state index contributed by atoms with van der Waals surface area (Å²) in [6, 6.07) is 1.72. The van der Waals surface area contributed by atoms with E-state index in [4.69, 9.17) is 13.8 Å². The molecule has 1 saturated heterocycles. The van der Waals surface area contributed by atoms with Gasteiger partial charge in [0.05, 0.1) is 25.9 Å². The standard InChI is InChI=1S/C16H21N6O8P/c1-3-28-31(27,29-4-2)15(16(25)26)22-13-12(10(7-17)19-22)18-20-21(14(13)24)11-6-5-9(8-23)30-11/h9,11,15,23H,3-6,8H2,1-2H3,(H,25,26). The second-order valence-electron chi connectivity index (χ2n) is 6.50. The molecule has 168 valence electrons. The summed E-state index contributed by atoms with van der Waals surface area (Å²) in [5, 5.41) is 40.0. The van der Waals surface area contributed by atoms with E-state index in [9.17, 15) is 29.6 Å². The van der Waals surface area contributed by atoms with Gasteiger partial charge in [0.2, 0.25) is 0 Å². The Hall–Kier alpha value is -2.69. The molecule has 0 amide bonds. The number of rotatable bonds is 9. The number of fused-ring (bicyclic) bond motifs is 1. The molecule has 3 heterocycles. The van der Waals surface area contributed by atoms with Crippen molar-refractivity contribution < 1.29 is 33.4 Å². The van der Waals surface area contributed by atoms with Gasteiger partial charge in [-0.1, -0.05) is 5.21 Å². The number of carboxylic acids is 1. The SMILES string of the molecule is CCOP(=O)(OCC)C(C(=O)O)n1nc(C#N)c2nnn(C3CCC(CO)O3)c(=O)c21. The molecule has 0 aromatic carbocycles. The Kier molecular flexibility index (Phi) is 6.83. The van der Waals surface area contributed by atoms with Crippen molar-refractivity contribution >= 4 is 24.6 Å². The predicted molar refractivity (Wildman–Crippen MR) is 102 cm³/mol. The minimum Gasteiger partial charge on any atom is -0.479 e. The van der Waals surface area contributed by atoms with E-state index in [1.54, 1.807) is 6.07 Å². The first-order chi connectivity index (χ1) is 14.8. The second kappa shape index (κ2) is 9.21. The topological polar surface area (TPSA) is 192 Å². The van der Waals surface area contributed by atoms with Crippen molar-refractivity contribution in [1.82, 2.24) is 24.8 Å². The summed E-state index contributed by atoms with van der Waals surface area (Å²) in [6.45, 7) is 2.49. The van der Waals surface area contributed by atoms with Gasteiger partial charge in [-0.05, 0) is 26.7 Å². The Labute approximate surface area is 175 Å². The van der Waals surface area contributed by atoms with E-state index in [1.165, 1.54) is 13.8 Å². The number of hydrogen-bond donors (Lipinski definition) is 2. The first-order valence-electron chi connectivity index (χ1n) is 9.46. The summed E-state index contributed by atoms with van der Waals surface area (Å²) in [5.41, 5.74) is -1.90. The van der Waals surface area contributed by atoms with Crippen LogP contribution in [-0.4, -0.2) is 66.9 Å². The minimum atomic E-state index is -4.35. The molecule has 2 aromatic rings. The van der Waals surface area contributed by atoms with Gasteiger partial charge in [-0.25, -0.2) is 9.48 Å². The summed E-state index contributed by atoms with van der Waals surface area (Å²) >= 11 is 0. The molecule has 0 bridgehead atoms. The summed E-state index contributed by atoms with van der Waals surface area (Å²) in [4.78, 5) is 25.3. The van der Waals surface area contributed by atoms with Crippen LogP contribution in [0.25, 0.3) is 11.0 Å². The van der Waals surface area contributed by atoms with Crippen LogP contribution in [0.2, 0.25) is 0 Å². The largest absolute Gasteiger partial charge is 0.479 e. The van der Waals surface area contributed by atoms with Crippen molar-refractivity contribution in [3.63, 3.8) is 0 Å². The van der Waals surface area contributed by atoms with Crippen molar-refractivity contribution in [2.75, 3.05) is 19.8 Å². The number of carbonyl (C=O) groups is 1. The van der Waals surface area contributed by atoms with Crippen LogP contribution in [0.5, 0.6) is 0 Å². The molecule has 3 rings (SSSR count). The van der Waals surface area contributed by atoms with Crippen LogP contribution >= 0.6 is 7.60 Å². The van der Waals surface area contributed by atoms with E-state index in [2.05, 4.69) is 15.4 Å². The Morgan fingerprint density at radius 2 is 2.06 bits per heavy atom. The summed E-state index contributed by atoms with van der Waals surface area (Å²) in [7, 11) is -4.35. The highest BCUT2D eigenvalue weighted by atomic mass is 31.2. The van der Waals surface area contributed by atoms with Gasteiger partial charge in [-0.15, -0.1) is 5.10 Å². The maximum absolute atomic E-state index is 13.3. The van der Waals surface area contributed by atoms with Crippen molar-refractivity contribution in [1.29, 1.82) is 5.26 Å². The summed E-state index contributed by atoms with van der Waals surface area (Å²) in [5.74, 6) is -3.68. The third kappa shape index (κ3) is 4.10. The average molecular weight is 456 g/mol. The van der Waals surface area contributed by atoms with Crippen LogP contribution in [-0.2, 0) is 23.1 Å². The number of aliphatic carboxylic acids is 1. The number of hydrogen-bond acceptors (Lipinski definition) is 11. The zero-order chi connectivity index (χ0) is 22.8. The van der Waals surface area contributed by atoms with Crippen LogP contribution in [0.15, 0.2) is 4.79 Å². The fraction of sp³-hybridized carbons (Fsp3) is 0.625. The lowest BCUT2D eigenvalue weighted by atomic mass is 10.2. The van der Waals surface area contributed by atoms with Gasteiger partial charge in [0.25, 0.3) is 11.3 Å². The maximum Gasteiger partial charge on any atom is 0.366 e. The van der Waals surface area contributed by atoms with Crippen molar-refractivity contribution in [2.24, 2.45) is 0 Å². The number of aromatic nitrogens is 5. The van der Waals surface area contributed by atoms with E-state index >= 15 is 0 Å². The van der Waals surface area contributed by atoms with Crippen LogP contribution in [0.4, 0.5) is 0 Å². The van der Waals surface area contributed by atoms with Gasteiger partial charge in [0.1, 0.15) is 6.07 Å². The van der Waals surface area contributed by atoms with Crippen LogP contribution in [0.3, 0.4) is 0 Å². The molecule has 3 atom stereocenters. The average Bonchev–Trinajstić information content (AvgIpc) is 3.33. The normalized spacial score (nSPS) is 20.1. The van der Waals surface area contributed by atoms with E-state index in [-0.39, 0.29) is 31.0 Å². The van der Waals surface area contributed by atoms with E-state index in [0.29, 0.717) is 17.5 Å². The van der Waals surface area contributed by atoms with E-state index < -0.39 is 42.8 Å². The molecule has 14 nitrogen and oxygen atoms in total. The third-order valence-corrected chi connectivity index (χ3v) is 6.85. The van der Waals surface area contributed by atoms with Crippen molar-refractivity contribution in [3.8, 4) is 6.07 Å². The molecule has 1 fully saturated rings. The highest BCUT2D eigenvalue weighted by Crippen LogP contribution is 2.59. The van der Waals surface area contributed by atoms with Gasteiger partial charge in [0, 0.05) is 0 Å². The van der Waals surface area contributed by atoms with Crippen molar-refractivity contribution in [3.05, 3.63) is 16.0 Å². The quantitative estimate of drug-likeness (QED) is 0.494. The van der Waals surface area contributed by atoms with Crippen LogP contribution < -0.4 is 5.56 Å². The molecular weight excluding hydrogens is 435 g/mol. The number of nitriles is 1. The lowest BCUT2D eigenvalue weighted by Crippen LogP contribution is -2.32. The molecule has 0 aliphatic carbocycles. The predicted octanol–water partition coefficient (Wildman–Crippen LogP) is 0.379. The van der Waals surface area contributed by atoms with Crippen LogP contribution in [0, 0.1) is 11.3 Å². The number of nitrogens with zero attached hydrogens (tertiary/aromatic N) is 6. The Bertz CT molecular complexity index is 1110. The summed E-state index contributed by atoms with van der Waals surface area (Å²) < 4.78 is 30.6. The van der Waals surface area contributed by atoms with Gasteiger partial charge in [0.15, 0.2) is 23.0 Å². The fourth-order valence-electron chi connectivity index (χ4n) is 3.32. The zero-order valence-corrected chi connectivity index (χ0v) is 17.6. The first kappa shape index (κ1) is 23.0. The molecule has 0 saturated carbocycles. The Balaban J connectivity index is 2.25. The second-order valence-corrected chi connectivity index (χ2v) is 8.59. The third-order valence-electron chi connectivity index (χ3n) is 4.57. The highest BCUT2D eigenvalue weighted by Gasteiger charge is 2.46. The molecule has 31 heavy (non-hydrogen) atoms. The molecular formula is C16H21N6O8P. The molecule has 1 aliphatic rings. The van der Waals surface area contributed by atoms with Gasteiger partial charge in [-0.2, -0.15) is 15.0 Å². The molecule has 2 N–H and O–H groups in total. The minimum absolute atomic E-state index is 0.131. The molecule has 15 heteroatoms. The number of ether oxygens (including phenoxy) is 1. The van der Waals surface area contributed by atoms with Gasteiger partial charge >= 0.3 is 13.6 Å². The zero-order valence-electron chi connectivity index (χ0n) is 16.7. The molecule has 0 radical (unpaired) electrons. The summed E-state index contributed by atoms with van der Waals surface area (Å²) in [6.07, 6.45) is -0.526. The Morgan fingerprint density at radius 1 is 1.39 bits per heavy atom. The smallest absolute Gasteiger partial charge is 0.366 e. The number of carboxylic acid groups (broad SMARTS) is 1. The fourth-order valence-corrected chi connectivity index (χ4v) is 5.10. The van der Waals surface area contributed by atoms with Gasteiger partial charge in [-0.3, -0.25) is 9.36 Å². The molecule has 2 aromatic heterocycles. The lowest BCUT2D eigenvalue weighted by molar-refractivity contribution is -0.139. The van der Waals surface area contributed by atoms with E-state index in [1.807, 2.05) is 0 Å². The molecule has 3 unspecified atom stereocenters. The van der Waals surface area contributed by atoms with E-state index in [0.717, 1.165) is 4.68 Å². The maximum atomic E-state index is 13.3. The number of aliphatic hydroxyl groups is 1. The highest BCUT2D eigenvalue weighted by molar-refractivity contribution is 7.55. The molecule has 0 spiro atoms. The first-order valence-corrected chi connectivity index (χ1v) is 11.1. The van der Waals surface area contributed by atoms with Crippen molar-refractivity contribution in [2.45, 2.75) is 44.8 Å². The van der Waals surface area contributed by atoms with Crippen LogP contribution in [0.1, 0.15) is 44.4 Å². The monoisotopic (exact) mass is 456 g/mol. The molecule has 1 aliphatic heterocycles. The van der Waals surface area contributed by atoms with Gasteiger partial charge < -0.3 is 24.0 Å². The number of aliphatic hydroxyl groups excluding tert-OH is 1. The Morgan fingerprint density at radius 3 is 2.58 bits per heavy atom.